The molecule has 2 rings (SSSR count). The van der Waals surface area contributed by atoms with E-state index in [1.165, 1.54) is 17.5 Å². The fourth-order valence-electron chi connectivity index (χ4n) is 2.78. The molecule has 1 atom stereocenters. The highest BCUT2D eigenvalue weighted by Crippen LogP contribution is 2.45. The highest BCUT2D eigenvalue weighted by atomic mass is 31.2. The quantitative estimate of drug-likeness (QED) is 0.442. The third-order valence-corrected chi connectivity index (χ3v) is 5.47. The highest BCUT2D eigenvalue weighted by Gasteiger charge is 2.24. The maximum Gasteiger partial charge on any atom is 0.462 e. The van der Waals surface area contributed by atoms with E-state index in [0.717, 1.165) is 22.6 Å². The van der Waals surface area contributed by atoms with Crippen molar-refractivity contribution in [2.24, 2.45) is 0 Å². The fourth-order valence-corrected chi connectivity index (χ4v) is 3.65. The van der Waals surface area contributed by atoms with E-state index < -0.39 is 8.60 Å². The Morgan fingerprint density at radius 2 is 1.30 bits per heavy atom. The molecular weight excluding hydrogens is 391 g/mol. The van der Waals surface area contributed by atoms with Crippen molar-refractivity contribution in [1.82, 2.24) is 0 Å². The van der Waals surface area contributed by atoms with Crippen molar-refractivity contribution in [2.45, 2.75) is 86.5 Å². The maximum absolute atomic E-state index is 6.15. The van der Waals surface area contributed by atoms with Crippen molar-refractivity contribution in [2.75, 3.05) is 7.11 Å². The van der Waals surface area contributed by atoms with Crippen LogP contribution in [-0.2, 0) is 15.4 Å². The normalized spacial score (nSPS) is 12.6. The van der Waals surface area contributed by atoms with Crippen molar-refractivity contribution < 1.29 is 13.6 Å². The molecule has 2 aromatic carbocycles. The number of hydrogen-bond donors (Lipinski definition) is 0. The van der Waals surface area contributed by atoms with Gasteiger partial charge in [0.1, 0.15) is 11.5 Å². The van der Waals surface area contributed by atoms with E-state index in [9.17, 15) is 0 Å². The highest BCUT2D eigenvalue weighted by molar-refractivity contribution is 7.42. The van der Waals surface area contributed by atoms with E-state index in [1.54, 1.807) is 7.11 Å². The molecule has 30 heavy (non-hydrogen) atoms. The average Bonchev–Trinajstić information content (AvgIpc) is 2.62. The maximum atomic E-state index is 6.15. The Morgan fingerprint density at radius 3 is 1.77 bits per heavy atom. The van der Waals surface area contributed by atoms with Crippen LogP contribution in [0.25, 0.3) is 0 Å². The fraction of sp³-hybridized carbons (Fsp3) is 0.538. The molecule has 0 bridgehead atoms. The van der Waals surface area contributed by atoms with Crippen LogP contribution in [0.1, 0.15) is 84.1 Å². The first-order valence-electron chi connectivity index (χ1n) is 10.8. The van der Waals surface area contributed by atoms with Gasteiger partial charge in [-0.1, -0.05) is 91.6 Å². The molecule has 0 spiro atoms. The number of aryl methyl sites for hydroxylation is 2. The Balaban J connectivity index is 0.00000141. The monoisotopic (exact) mass is 432 g/mol. The minimum absolute atomic E-state index is 0.0274. The van der Waals surface area contributed by atoms with Gasteiger partial charge in [-0.15, -0.1) is 0 Å². The summed E-state index contributed by atoms with van der Waals surface area (Å²) in [5.41, 5.74) is 4.80. The molecule has 0 aliphatic heterocycles. The van der Waals surface area contributed by atoms with E-state index in [4.69, 9.17) is 13.6 Å². The summed E-state index contributed by atoms with van der Waals surface area (Å²) in [6.07, 6.45) is 1.25. The predicted molar refractivity (Wildman–Crippen MR) is 131 cm³/mol. The van der Waals surface area contributed by atoms with E-state index in [-0.39, 0.29) is 10.8 Å². The van der Waals surface area contributed by atoms with Crippen LogP contribution >= 0.6 is 8.60 Å². The van der Waals surface area contributed by atoms with Gasteiger partial charge in [0.25, 0.3) is 0 Å². The van der Waals surface area contributed by atoms with Crippen molar-refractivity contribution in [1.29, 1.82) is 0 Å². The number of hydrogen-bond acceptors (Lipinski definition) is 3. The van der Waals surface area contributed by atoms with Crippen molar-refractivity contribution >= 4 is 8.60 Å². The molecular formula is C26H41O3P. The zero-order valence-corrected chi connectivity index (χ0v) is 21.7. The van der Waals surface area contributed by atoms with E-state index in [1.807, 2.05) is 12.1 Å². The van der Waals surface area contributed by atoms with Gasteiger partial charge in [0.15, 0.2) is 0 Å². The third kappa shape index (κ3) is 7.93. The summed E-state index contributed by atoms with van der Waals surface area (Å²) < 4.78 is 17.8. The zero-order chi connectivity index (χ0) is 23.1. The first-order chi connectivity index (χ1) is 13.8. The molecule has 0 radical (unpaired) electrons. The summed E-state index contributed by atoms with van der Waals surface area (Å²) in [6.45, 7) is 21.6. The standard InChI is InChI=1S/C23H33O3P.C3H8/c1-16-10-12-21(19(14-16)23(6,7)8)26-27(24-9)25-20-13-11-18(15-17(20)2)22(3,4)5;1-3-2/h10-15H,1-9H3;3H2,1-2H3. The Morgan fingerprint density at radius 1 is 0.767 bits per heavy atom. The molecule has 1 unspecified atom stereocenters. The Kier molecular flexibility index (Phi) is 9.85. The molecule has 0 heterocycles. The summed E-state index contributed by atoms with van der Waals surface area (Å²) in [7, 11) is 0.0826. The van der Waals surface area contributed by atoms with Gasteiger partial charge in [-0.2, -0.15) is 0 Å². The van der Waals surface area contributed by atoms with Gasteiger partial charge in [0, 0.05) is 12.7 Å². The lowest BCUT2D eigenvalue weighted by Gasteiger charge is -2.25. The molecule has 0 aromatic heterocycles. The van der Waals surface area contributed by atoms with Gasteiger partial charge in [-0.05, 0) is 47.9 Å². The minimum atomic E-state index is -1.54. The molecule has 2 aromatic rings. The van der Waals surface area contributed by atoms with E-state index in [2.05, 4.69) is 93.5 Å². The molecule has 0 saturated heterocycles. The smallest absolute Gasteiger partial charge is 0.417 e. The van der Waals surface area contributed by atoms with Gasteiger partial charge in [-0.25, -0.2) is 0 Å². The van der Waals surface area contributed by atoms with Crippen molar-refractivity contribution in [3.05, 3.63) is 58.7 Å². The summed E-state index contributed by atoms with van der Waals surface area (Å²) in [4.78, 5) is 0. The van der Waals surface area contributed by atoms with Gasteiger partial charge >= 0.3 is 8.60 Å². The van der Waals surface area contributed by atoms with Crippen LogP contribution in [0.15, 0.2) is 36.4 Å². The second kappa shape index (κ2) is 11.2. The summed E-state index contributed by atoms with van der Waals surface area (Å²) in [5, 5.41) is 0. The summed E-state index contributed by atoms with van der Waals surface area (Å²) in [5.74, 6) is 1.60. The molecule has 3 nitrogen and oxygen atoms in total. The summed E-state index contributed by atoms with van der Waals surface area (Å²) in [6, 6.07) is 12.5. The van der Waals surface area contributed by atoms with E-state index in [0.29, 0.717) is 0 Å². The first-order valence-corrected chi connectivity index (χ1v) is 11.8. The Labute approximate surface area is 186 Å². The predicted octanol–water partition coefficient (Wildman–Crippen LogP) is 8.65. The lowest BCUT2D eigenvalue weighted by molar-refractivity contribution is 0.319. The molecule has 4 heteroatoms. The zero-order valence-electron chi connectivity index (χ0n) is 20.8. The van der Waals surface area contributed by atoms with Crippen LogP contribution < -0.4 is 9.05 Å². The second-order valence-electron chi connectivity index (χ2n) is 9.78. The van der Waals surface area contributed by atoms with Crippen LogP contribution in [0, 0.1) is 13.8 Å². The molecule has 0 aliphatic carbocycles. The van der Waals surface area contributed by atoms with Crippen molar-refractivity contribution in [3.8, 4) is 11.5 Å². The third-order valence-electron chi connectivity index (χ3n) is 4.48. The molecule has 0 N–H and O–H groups in total. The SMILES string of the molecule is CCC.COP(Oc1ccc(C(C)(C)C)cc1C)Oc1ccc(C)cc1C(C)(C)C. The summed E-state index contributed by atoms with van der Waals surface area (Å²) >= 11 is 0. The Bertz CT molecular complexity index is 801. The molecule has 0 saturated carbocycles. The van der Waals surface area contributed by atoms with Crippen LogP contribution in [-0.4, -0.2) is 7.11 Å². The average molecular weight is 433 g/mol. The number of rotatable bonds is 5. The van der Waals surface area contributed by atoms with Gasteiger partial charge in [0.05, 0.1) is 0 Å². The van der Waals surface area contributed by atoms with E-state index >= 15 is 0 Å². The molecule has 0 fully saturated rings. The molecule has 0 amide bonds. The second-order valence-corrected chi connectivity index (χ2v) is 11.0. The van der Waals surface area contributed by atoms with Crippen LogP contribution in [0.4, 0.5) is 0 Å². The number of benzene rings is 2. The topological polar surface area (TPSA) is 27.7 Å². The lowest BCUT2D eigenvalue weighted by atomic mass is 9.85. The van der Waals surface area contributed by atoms with Crippen LogP contribution in [0.5, 0.6) is 11.5 Å². The van der Waals surface area contributed by atoms with Crippen LogP contribution in [0.2, 0.25) is 0 Å². The largest absolute Gasteiger partial charge is 0.462 e. The van der Waals surface area contributed by atoms with Gasteiger partial charge in [-0.3, -0.25) is 4.52 Å². The first kappa shape index (κ1) is 26.5. The van der Waals surface area contributed by atoms with Crippen molar-refractivity contribution in [3.63, 3.8) is 0 Å². The van der Waals surface area contributed by atoms with Crippen LogP contribution in [0.3, 0.4) is 0 Å². The molecule has 0 aliphatic rings. The van der Waals surface area contributed by atoms with Gasteiger partial charge in [0.2, 0.25) is 0 Å². The lowest BCUT2D eigenvalue weighted by Crippen LogP contribution is -2.13. The van der Waals surface area contributed by atoms with Gasteiger partial charge < -0.3 is 9.05 Å². The minimum Gasteiger partial charge on any atom is -0.417 e. The Hall–Kier alpha value is -1.57. The molecule has 168 valence electrons.